The zero-order chi connectivity index (χ0) is 12.8. The monoisotopic (exact) mass is 250 g/mol. The van der Waals surface area contributed by atoms with Crippen molar-refractivity contribution in [1.29, 1.82) is 0 Å². The predicted molar refractivity (Wildman–Crippen MR) is 76.7 cm³/mol. The molecule has 0 aliphatic rings. The molecule has 2 rings (SSSR count). The van der Waals surface area contributed by atoms with Gasteiger partial charge in [0, 0.05) is 36.9 Å². The van der Waals surface area contributed by atoms with Crippen LogP contribution in [0.15, 0.2) is 31.1 Å². The molecule has 18 heavy (non-hydrogen) atoms. The lowest BCUT2D eigenvalue weighted by molar-refractivity contribution is 0.582. The summed E-state index contributed by atoms with van der Waals surface area (Å²) in [5.74, 6) is 1.09. The molecule has 0 aliphatic heterocycles. The summed E-state index contributed by atoms with van der Waals surface area (Å²) in [4.78, 5) is 8.01. The van der Waals surface area contributed by atoms with Crippen LogP contribution < -0.4 is 0 Å². The van der Waals surface area contributed by atoms with Crippen LogP contribution in [0, 0.1) is 6.92 Å². The quantitative estimate of drug-likeness (QED) is 0.811. The minimum absolute atomic E-state index is 0. The van der Waals surface area contributed by atoms with E-state index in [0.717, 1.165) is 5.82 Å². The Balaban J connectivity index is 0.000000306. The fourth-order valence-electron chi connectivity index (χ4n) is 1.51. The Morgan fingerprint density at radius 2 is 1.67 bits per heavy atom. The van der Waals surface area contributed by atoms with Crippen LogP contribution in [-0.2, 0) is 0 Å². The summed E-state index contributed by atoms with van der Waals surface area (Å²) in [6, 6.07) is 1.07. The van der Waals surface area contributed by atoms with Crippen molar-refractivity contribution in [2.24, 2.45) is 0 Å². The summed E-state index contributed by atoms with van der Waals surface area (Å²) in [7, 11) is 0. The number of nitrogens with zero attached hydrogens (tertiary/aromatic N) is 4. The Bertz CT molecular complexity index is 413. The molecule has 0 saturated carbocycles. The van der Waals surface area contributed by atoms with Crippen LogP contribution in [0.25, 0.3) is 0 Å². The fourth-order valence-corrected chi connectivity index (χ4v) is 1.51. The molecule has 0 radical (unpaired) electrons. The highest BCUT2D eigenvalue weighted by atomic mass is 15.1. The highest BCUT2D eigenvalue weighted by Gasteiger charge is 1.98. The molecule has 0 fully saturated rings. The maximum absolute atomic E-state index is 4.10. The number of aromatic nitrogens is 4. The molecule has 0 N–H and O–H groups in total. The zero-order valence-electron chi connectivity index (χ0n) is 11.3. The summed E-state index contributed by atoms with van der Waals surface area (Å²) in [5, 5.41) is 0. The second-order valence-corrected chi connectivity index (χ2v) is 4.58. The fraction of sp³-hybridized carbons (Fsp3) is 0.571. The molecular weight excluding hydrogens is 224 g/mol. The van der Waals surface area contributed by atoms with Crippen LogP contribution in [0.4, 0.5) is 0 Å². The Morgan fingerprint density at radius 1 is 1.00 bits per heavy atom. The van der Waals surface area contributed by atoms with Crippen molar-refractivity contribution in [2.45, 2.75) is 54.1 Å². The highest BCUT2D eigenvalue weighted by Crippen LogP contribution is 2.05. The van der Waals surface area contributed by atoms with Gasteiger partial charge in [-0.2, -0.15) is 0 Å². The molecule has 2 aromatic heterocycles. The van der Waals surface area contributed by atoms with Crippen LogP contribution in [0.5, 0.6) is 0 Å². The summed E-state index contributed by atoms with van der Waals surface area (Å²) in [6.45, 7) is 10.6. The average molecular weight is 250 g/mol. The number of imidazole rings is 2. The first kappa shape index (κ1) is 16.4. The van der Waals surface area contributed by atoms with Gasteiger partial charge in [-0.15, -0.1) is 0 Å². The van der Waals surface area contributed by atoms with Gasteiger partial charge in [-0.25, -0.2) is 9.97 Å². The standard InChI is InChI=1S/C7H12N2.C6H10N2.CH4/c1-6(2)9-5-4-8-7(9)3;1-6(2)8-4-3-7-5-8;/h4-6H,1-3H3;3-6H,1-2H3;1H4. The van der Waals surface area contributed by atoms with E-state index in [4.69, 9.17) is 0 Å². The van der Waals surface area contributed by atoms with Gasteiger partial charge in [-0.05, 0) is 34.6 Å². The molecule has 2 aromatic rings. The van der Waals surface area contributed by atoms with Crippen molar-refractivity contribution in [1.82, 2.24) is 19.1 Å². The normalized spacial score (nSPS) is 9.94. The average Bonchev–Trinajstić information content (AvgIpc) is 2.87. The molecule has 4 nitrogen and oxygen atoms in total. The number of hydrogen-bond donors (Lipinski definition) is 0. The second-order valence-electron chi connectivity index (χ2n) is 4.58. The summed E-state index contributed by atoms with van der Waals surface area (Å²) >= 11 is 0. The molecular formula is C14H26N4. The SMILES string of the molecule is C.CC(C)n1ccnc1.Cc1nccn1C(C)C. The first-order chi connectivity index (χ1) is 8.02. The van der Waals surface area contributed by atoms with Crippen LogP contribution in [0.1, 0.15) is 53.0 Å². The van der Waals surface area contributed by atoms with E-state index >= 15 is 0 Å². The third-order valence-corrected chi connectivity index (χ3v) is 2.54. The van der Waals surface area contributed by atoms with Gasteiger partial charge in [0.05, 0.1) is 6.33 Å². The van der Waals surface area contributed by atoms with E-state index in [-0.39, 0.29) is 7.43 Å². The lowest BCUT2D eigenvalue weighted by Crippen LogP contribution is -2.00. The largest absolute Gasteiger partial charge is 0.335 e. The van der Waals surface area contributed by atoms with E-state index in [1.807, 2.05) is 31.8 Å². The summed E-state index contributed by atoms with van der Waals surface area (Å²) in [5.41, 5.74) is 0. The second kappa shape index (κ2) is 7.69. The topological polar surface area (TPSA) is 35.6 Å². The van der Waals surface area contributed by atoms with Gasteiger partial charge in [0.15, 0.2) is 0 Å². The number of hydrogen-bond acceptors (Lipinski definition) is 2. The van der Waals surface area contributed by atoms with E-state index in [0.29, 0.717) is 12.1 Å². The maximum atomic E-state index is 4.10. The molecule has 2 heterocycles. The van der Waals surface area contributed by atoms with E-state index in [1.165, 1.54) is 0 Å². The molecule has 102 valence electrons. The van der Waals surface area contributed by atoms with E-state index in [1.54, 1.807) is 6.20 Å². The number of aryl methyl sites for hydroxylation is 1. The van der Waals surface area contributed by atoms with Crippen molar-refractivity contribution in [3.05, 3.63) is 36.9 Å². The van der Waals surface area contributed by atoms with Crippen molar-refractivity contribution in [3.63, 3.8) is 0 Å². The van der Waals surface area contributed by atoms with E-state index in [9.17, 15) is 0 Å². The van der Waals surface area contributed by atoms with Crippen LogP contribution in [0.3, 0.4) is 0 Å². The Labute approximate surface area is 111 Å². The van der Waals surface area contributed by atoms with Crippen molar-refractivity contribution >= 4 is 0 Å². The molecule has 0 aromatic carbocycles. The highest BCUT2D eigenvalue weighted by molar-refractivity contribution is 4.90. The Hall–Kier alpha value is -1.58. The lowest BCUT2D eigenvalue weighted by atomic mass is 10.4. The van der Waals surface area contributed by atoms with Gasteiger partial charge in [-0.1, -0.05) is 7.43 Å². The van der Waals surface area contributed by atoms with Crippen LogP contribution in [0.2, 0.25) is 0 Å². The van der Waals surface area contributed by atoms with E-state index in [2.05, 4.69) is 46.8 Å². The van der Waals surface area contributed by atoms with Gasteiger partial charge >= 0.3 is 0 Å². The predicted octanol–water partition coefficient (Wildman–Crippen LogP) is 3.87. The van der Waals surface area contributed by atoms with Gasteiger partial charge in [0.1, 0.15) is 5.82 Å². The molecule has 0 atom stereocenters. The Morgan fingerprint density at radius 3 is 1.89 bits per heavy atom. The van der Waals surface area contributed by atoms with Crippen molar-refractivity contribution < 1.29 is 0 Å². The van der Waals surface area contributed by atoms with Crippen LogP contribution >= 0.6 is 0 Å². The zero-order valence-corrected chi connectivity index (χ0v) is 11.3. The smallest absolute Gasteiger partial charge is 0.105 e. The summed E-state index contributed by atoms with van der Waals surface area (Å²) < 4.78 is 4.19. The minimum Gasteiger partial charge on any atom is -0.335 e. The van der Waals surface area contributed by atoms with Crippen molar-refractivity contribution in [3.8, 4) is 0 Å². The third-order valence-electron chi connectivity index (χ3n) is 2.54. The van der Waals surface area contributed by atoms with Gasteiger partial charge in [0.2, 0.25) is 0 Å². The molecule has 0 saturated heterocycles. The maximum Gasteiger partial charge on any atom is 0.105 e. The number of rotatable bonds is 2. The van der Waals surface area contributed by atoms with Gasteiger partial charge in [-0.3, -0.25) is 0 Å². The Kier molecular flexibility index (Phi) is 7.01. The first-order valence-electron chi connectivity index (χ1n) is 5.99. The first-order valence-corrected chi connectivity index (χ1v) is 5.99. The molecule has 0 aliphatic carbocycles. The third kappa shape index (κ3) is 4.73. The molecule has 0 unspecified atom stereocenters. The molecule has 4 heteroatoms. The van der Waals surface area contributed by atoms with Gasteiger partial charge in [0.25, 0.3) is 0 Å². The molecule has 0 amide bonds. The van der Waals surface area contributed by atoms with Gasteiger partial charge < -0.3 is 9.13 Å². The lowest BCUT2D eigenvalue weighted by Gasteiger charge is -2.07. The van der Waals surface area contributed by atoms with E-state index < -0.39 is 0 Å². The minimum atomic E-state index is 0. The molecule has 0 bridgehead atoms. The van der Waals surface area contributed by atoms with Crippen LogP contribution in [-0.4, -0.2) is 19.1 Å². The van der Waals surface area contributed by atoms with Crippen molar-refractivity contribution in [2.75, 3.05) is 0 Å². The summed E-state index contributed by atoms with van der Waals surface area (Å²) in [6.07, 6.45) is 9.41. The molecule has 0 spiro atoms.